The lowest BCUT2D eigenvalue weighted by Gasteiger charge is -2.09. The third-order valence-corrected chi connectivity index (χ3v) is 3.40. The summed E-state index contributed by atoms with van der Waals surface area (Å²) >= 11 is 0. The topological polar surface area (TPSA) is 35.5 Å². The van der Waals surface area contributed by atoms with Crippen molar-refractivity contribution < 1.29 is 14.3 Å². The Morgan fingerprint density at radius 2 is 1.67 bits per heavy atom. The summed E-state index contributed by atoms with van der Waals surface area (Å²) in [6, 6.07) is 7.63. The van der Waals surface area contributed by atoms with Crippen molar-refractivity contribution in [2.45, 2.75) is 65.2 Å². The predicted molar refractivity (Wildman–Crippen MR) is 85.8 cm³/mol. The zero-order valence-corrected chi connectivity index (χ0v) is 13.4. The van der Waals surface area contributed by atoms with E-state index in [1.54, 1.807) is 0 Å². The molecule has 0 bridgehead atoms. The van der Waals surface area contributed by atoms with Crippen LogP contribution in [0, 0.1) is 0 Å². The fourth-order valence-corrected chi connectivity index (χ4v) is 2.24. The first-order valence-corrected chi connectivity index (χ1v) is 8.20. The van der Waals surface area contributed by atoms with Gasteiger partial charge in [0.25, 0.3) is 0 Å². The van der Waals surface area contributed by atoms with Crippen molar-refractivity contribution in [3.05, 3.63) is 29.8 Å². The minimum Gasteiger partial charge on any atom is -0.434 e. The quantitative estimate of drug-likeness (QED) is 0.324. The van der Waals surface area contributed by atoms with Gasteiger partial charge in [0, 0.05) is 0 Å². The Balaban J connectivity index is 2.21. The Morgan fingerprint density at radius 1 is 0.952 bits per heavy atom. The number of ether oxygens (including phenoxy) is 2. The average molecular weight is 292 g/mol. The van der Waals surface area contributed by atoms with E-state index in [1.807, 2.05) is 24.3 Å². The number of carbonyl (C=O) groups is 1. The highest BCUT2D eigenvalue weighted by Gasteiger charge is 2.09. The molecule has 0 aliphatic carbocycles. The van der Waals surface area contributed by atoms with E-state index in [0.717, 1.165) is 31.2 Å². The molecule has 21 heavy (non-hydrogen) atoms. The third-order valence-electron chi connectivity index (χ3n) is 3.40. The van der Waals surface area contributed by atoms with Crippen LogP contribution in [0.4, 0.5) is 4.79 Å². The van der Waals surface area contributed by atoms with Gasteiger partial charge in [-0.05, 0) is 24.5 Å². The van der Waals surface area contributed by atoms with E-state index in [2.05, 4.69) is 13.8 Å². The van der Waals surface area contributed by atoms with Gasteiger partial charge < -0.3 is 9.47 Å². The van der Waals surface area contributed by atoms with Crippen LogP contribution in [-0.4, -0.2) is 12.8 Å². The van der Waals surface area contributed by atoms with Crippen molar-refractivity contribution in [2.75, 3.05) is 6.61 Å². The molecule has 0 aliphatic rings. The van der Waals surface area contributed by atoms with Gasteiger partial charge in [-0.25, -0.2) is 4.79 Å². The summed E-state index contributed by atoms with van der Waals surface area (Å²) in [6.07, 6.45) is 8.38. The van der Waals surface area contributed by atoms with E-state index in [0.29, 0.717) is 12.4 Å². The normalized spacial score (nSPS) is 10.4. The van der Waals surface area contributed by atoms with E-state index < -0.39 is 6.16 Å². The molecule has 0 radical (unpaired) electrons. The summed E-state index contributed by atoms with van der Waals surface area (Å²) in [5, 5.41) is 0. The Kier molecular flexibility index (Phi) is 9.34. The number of benzene rings is 1. The monoisotopic (exact) mass is 292 g/mol. The number of hydrogen-bond donors (Lipinski definition) is 0. The molecule has 3 nitrogen and oxygen atoms in total. The summed E-state index contributed by atoms with van der Waals surface area (Å²) in [7, 11) is 0. The van der Waals surface area contributed by atoms with Gasteiger partial charge >= 0.3 is 6.16 Å². The molecule has 0 atom stereocenters. The Bertz CT molecular complexity index is 401. The summed E-state index contributed by atoms with van der Waals surface area (Å²) in [6.45, 7) is 4.75. The van der Waals surface area contributed by atoms with Crippen molar-refractivity contribution in [2.24, 2.45) is 0 Å². The molecule has 0 unspecified atom stereocenters. The molecule has 0 fully saturated rings. The highest BCUT2D eigenvalue weighted by molar-refractivity contribution is 5.64. The number of hydrogen-bond acceptors (Lipinski definition) is 3. The molecule has 1 aromatic carbocycles. The molecule has 0 aromatic heterocycles. The lowest BCUT2D eigenvalue weighted by Crippen LogP contribution is -2.12. The van der Waals surface area contributed by atoms with Gasteiger partial charge in [-0.1, -0.05) is 70.6 Å². The minimum atomic E-state index is -0.591. The smallest absolute Gasteiger partial charge is 0.434 e. The maximum absolute atomic E-state index is 11.7. The first-order valence-electron chi connectivity index (χ1n) is 8.20. The van der Waals surface area contributed by atoms with Crippen molar-refractivity contribution in [1.29, 1.82) is 0 Å². The number of rotatable bonds is 10. The zero-order chi connectivity index (χ0) is 15.3. The summed E-state index contributed by atoms with van der Waals surface area (Å²) < 4.78 is 10.4. The Labute approximate surface area is 128 Å². The van der Waals surface area contributed by atoms with Crippen LogP contribution in [0.1, 0.15) is 64.4 Å². The molecule has 0 saturated heterocycles. The lowest BCUT2D eigenvalue weighted by atomic mass is 10.1. The molecule has 0 aliphatic heterocycles. The van der Waals surface area contributed by atoms with E-state index in [-0.39, 0.29) is 0 Å². The SMILES string of the molecule is CCCCCCCCOC(=O)Oc1ccccc1CCC. The molecule has 1 rings (SSSR count). The van der Waals surface area contributed by atoms with Crippen LogP contribution in [0.25, 0.3) is 0 Å². The minimum absolute atomic E-state index is 0.445. The maximum atomic E-state index is 11.7. The maximum Gasteiger partial charge on any atom is 0.513 e. The zero-order valence-electron chi connectivity index (χ0n) is 13.4. The molecule has 0 spiro atoms. The fourth-order valence-electron chi connectivity index (χ4n) is 2.24. The standard InChI is InChI=1S/C18H28O3/c1-3-5-6-7-8-11-15-20-18(19)21-17-14-10-9-13-16(17)12-4-2/h9-10,13-14H,3-8,11-12,15H2,1-2H3. The molecule has 1 aromatic rings. The highest BCUT2D eigenvalue weighted by atomic mass is 16.7. The van der Waals surface area contributed by atoms with Crippen LogP contribution in [0.3, 0.4) is 0 Å². The van der Waals surface area contributed by atoms with Crippen molar-refractivity contribution in [3.8, 4) is 5.75 Å². The lowest BCUT2D eigenvalue weighted by molar-refractivity contribution is 0.0969. The second-order valence-corrected chi connectivity index (χ2v) is 5.33. The third kappa shape index (κ3) is 7.74. The van der Waals surface area contributed by atoms with Gasteiger partial charge in [0.1, 0.15) is 5.75 Å². The van der Waals surface area contributed by atoms with E-state index in [4.69, 9.17) is 9.47 Å². The van der Waals surface area contributed by atoms with E-state index in [9.17, 15) is 4.79 Å². The van der Waals surface area contributed by atoms with Crippen LogP contribution in [-0.2, 0) is 11.2 Å². The second-order valence-electron chi connectivity index (χ2n) is 5.33. The predicted octanol–water partition coefficient (Wildman–Crippen LogP) is 5.52. The fraction of sp³-hybridized carbons (Fsp3) is 0.611. The van der Waals surface area contributed by atoms with Crippen molar-refractivity contribution >= 4 is 6.16 Å². The number of unbranched alkanes of at least 4 members (excludes halogenated alkanes) is 5. The Hall–Kier alpha value is -1.51. The van der Waals surface area contributed by atoms with Crippen LogP contribution in [0.15, 0.2) is 24.3 Å². The van der Waals surface area contributed by atoms with E-state index in [1.165, 1.54) is 25.7 Å². The van der Waals surface area contributed by atoms with Crippen LogP contribution >= 0.6 is 0 Å². The van der Waals surface area contributed by atoms with Crippen molar-refractivity contribution in [3.63, 3.8) is 0 Å². The molecular formula is C18H28O3. The number of carbonyl (C=O) groups excluding carboxylic acids is 1. The molecule has 0 N–H and O–H groups in total. The van der Waals surface area contributed by atoms with Crippen LogP contribution in [0.2, 0.25) is 0 Å². The first kappa shape index (κ1) is 17.5. The van der Waals surface area contributed by atoms with Crippen LogP contribution in [0.5, 0.6) is 5.75 Å². The van der Waals surface area contributed by atoms with Gasteiger partial charge in [-0.3, -0.25) is 0 Å². The van der Waals surface area contributed by atoms with Crippen LogP contribution < -0.4 is 4.74 Å². The van der Waals surface area contributed by atoms with Gasteiger partial charge in [0.05, 0.1) is 6.61 Å². The average Bonchev–Trinajstić information content (AvgIpc) is 2.48. The van der Waals surface area contributed by atoms with Crippen molar-refractivity contribution in [1.82, 2.24) is 0 Å². The summed E-state index contributed by atoms with van der Waals surface area (Å²) in [5.41, 5.74) is 1.05. The molecule has 0 amide bonds. The van der Waals surface area contributed by atoms with Gasteiger partial charge in [-0.15, -0.1) is 0 Å². The molecular weight excluding hydrogens is 264 g/mol. The highest BCUT2D eigenvalue weighted by Crippen LogP contribution is 2.20. The largest absolute Gasteiger partial charge is 0.513 e. The molecule has 0 heterocycles. The summed E-state index contributed by atoms with van der Waals surface area (Å²) in [5.74, 6) is 0.618. The first-order chi connectivity index (χ1) is 10.3. The van der Waals surface area contributed by atoms with Gasteiger partial charge in [0.2, 0.25) is 0 Å². The van der Waals surface area contributed by atoms with E-state index >= 15 is 0 Å². The molecule has 0 saturated carbocycles. The number of aryl methyl sites for hydroxylation is 1. The summed E-state index contributed by atoms with van der Waals surface area (Å²) in [4.78, 5) is 11.7. The van der Waals surface area contributed by atoms with Gasteiger partial charge in [-0.2, -0.15) is 0 Å². The Morgan fingerprint density at radius 3 is 2.43 bits per heavy atom. The molecule has 3 heteroatoms. The second kappa shape index (κ2) is 11.2. The number of para-hydroxylation sites is 1. The van der Waals surface area contributed by atoms with Gasteiger partial charge in [0.15, 0.2) is 0 Å². The molecule has 118 valence electrons.